The Hall–Kier alpha value is -2.63. The SMILES string of the molecule is COCCn1nc([C@@H]2CCCN2S(=O)(=O)c2ccc([N+](=O)[O-])cc2)c2c1CC(C)(C)CC2=O. The van der Waals surface area contributed by atoms with Crippen LogP contribution in [0, 0.1) is 15.5 Å². The standard InChI is InChI=1S/C22H28N4O6S/c1-22(2)13-18-20(19(27)14-22)21(23-24(18)11-12-32-3)17-5-4-10-25(17)33(30,31)16-8-6-15(7-9-16)26(28)29/h6-9,17H,4-5,10-14H2,1-3H3/t17-/m0/s1. The number of methoxy groups -OCH3 is 1. The van der Waals surface area contributed by atoms with Crippen molar-refractivity contribution in [3.05, 3.63) is 51.3 Å². The van der Waals surface area contributed by atoms with Crippen LogP contribution in [0.3, 0.4) is 0 Å². The van der Waals surface area contributed by atoms with Gasteiger partial charge in [-0.05, 0) is 36.8 Å². The van der Waals surface area contributed by atoms with E-state index in [1.807, 2.05) is 13.8 Å². The quantitative estimate of drug-likeness (QED) is 0.444. The number of non-ortho nitro benzene ring substituents is 1. The van der Waals surface area contributed by atoms with Crippen LogP contribution in [0.5, 0.6) is 0 Å². The van der Waals surface area contributed by atoms with E-state index >= 15 is 0 Å². The van der Waals surface area contributed by atoms with Gasteiger partial charge in [0.25, 0.3) is 5.69 Å². The second-order valence-corrected chi connectivity index (χ2v) is 11.3. The number of Topliss-reactive ketones (excluding diaryl/α,β-unsaturated/α-hetero) is 1. The van der Waals surface area contributed by atoms with E-state index in [1.54, 1.807) is 11.8 Å². The second-order valence-electron chi connectivity index (χ2n) is 9.39. The molecule has 0 unspecified atom stereocenters. The number of benzene rings is 1. The van der Waals surface area contributed by atoms with E-state index in [9.17, 15) is 23.3 Å². The molecule has 1 fully saturated rings. The smallest absolute Gasteiger partial charge is 0.269 e. The number of nitrogens with zero attached hydrogens (tertiary/aromatic N) is 4. The van der Waals surface area contributed by atoms with Crippen LogP contribution in [-0.4, -0.2) is 53.5 Å². The molecule has 11 heteroatoms. The van der Waals surface area contributed by atoms with Crippen LogP contribution in [0.4, 0.5) is 5.69 Å². The van der Waals surface area contributed by atoms with Crippen molar-refractivity contribution >= 4 is 21.5 Å². The number of rotatable bonds is 7. The van der Waals surface area contributed by atoms with Crippen molar-refractivity contribution in [2.24, 2.45) is 5.41 Å². The zero-order chi connectivity index (χ0) is 24.0. The van der Waals surface area contributed by atoms with Crippen molar-refractivity contribution in [1.82, 2.24) is 14.1 Å². The van der Waals surface area contributed by atoms with Crippen LogP contribution >= 0.6 is 0 Å². The third-order valence-corrected chi connectivity index (χ3v) is 8.25. The molecule has 2 heterocycles. The highest BCUT2D eigenvalue weighted by molar-refractivity contribution is 7.89. The molecular formula is C22H28N4O6S. The number of carbonyl (C=O) groups excluding carboxylic acids is 1. The molecule has 0 N–H and O–H groups in total. The van der Waals surface area contributed by atoms with Gasteiger partial charge < -0.3 is 4.74 Å². The molecule has 0 amide bonds. The summed E-state index contributed by atoms with van der Waals surface area (Å²) in [5, 5.41) is 15.7. The highest BCUT2D eigenvalue weighted by Gasteiger charge is 2.43. The lowest BCUT2D eigenvalue weighted by molar-refractivity contribution is -0.384. The van der Waals surface area contributed by atoms with Gasteiger partial charge in [0.1, 0.15) is 0 Å². The molecule has 0 spiro atoms. The van der Waals surface area contributed by atoms with Gasteiger partial charge in [-0.2, -0.15) is 9.40 Å². The van der Waals surface area contributed by atoms with Crippen molar-refractivity contribution in [3.63, 3.8) is 0 Å². The molecule has 0 bridgehead atoms. The molecule has 1 aliphatic heterocycles. The molecule has 10 nitrogen and oxygen atoms in total. The Morgan fingerprint density at radius 2 is 1.94 bits per heavy atom. The van der Waals surface area contributed by atoms with Crippen LogP contribution in [0.2, 0.25) is 0 Å². The van der Waals surface area contributed by atoms with Gasteiger partial charge in [-0.1, -0.05) is 13.8 Å². The van der Waals surface area contributed by atoms with E-state index in [1.165, 1.54) is 28.6 Å². The fourth-order valence-electron chi connectivity index (χ4n) is 4.81. The minimum absolute atomic E-state index is 0.0138. The molecule has 1 atom stereocenters. The third-order valence-electron chi connectivity index (χ3n) is 6.33. The molecule has 0 radical (unpaired) electrons. The highest BCUT2D eigenvalue weighted by atomic mass is 32.2. The predicted octanol–water partition coefficient (Wildman–Crippen LogP) is 3.12. The predicted molar refractivity (Wildman–Crippen MR) is 119 cm³/mol. The minimum Gasteiger partial charge on any atom is -0.383 e. The van der Waals surface area contributed by atoms with E-state index < -0.39 is 21.0 Å². The van der Waals surface area contributed by atoms with Crippen LogP contribution < -0.4 is 0 Å². The van der Waals surface area contributed by atoms with Crippen LogP contribution in [-0.2, 0) is 27.7 Å². The summed E-state index contributed by atoms with van der Waals surface area (Å²) < 4.78 is 35.3. The van der Waals surface area contributed by atoms with Gasteiger partial charge in [0.05, 0.1) is 46.0 Å². The van der Waals surface area contributed by atoms with Crippen molar-refractivity contribution in [1.29, 1.82) is 0 Å². The summed E-state index contributed by atoms with van der Waals surface area (Å²) >= 11 is 0. The number of nitro groups is 1. The number of nitro benzene ring substituents is 1. The van der Waals surface area contributed by atoms with Crippen LogP contribution in [0.25, 0.3) is 0 Å². The fraction of sp³-hybridized carbons (Fsp3) is 0.545. The number of hydrogen-bond acceptors (Lipinski definition) is 7. The summed E-state index contributed by atoms with van der Waals surface area (Å²) in [5.41, 5.74) is 1.51. The number of hydrogen-bond donors (Lipinski definition) is 0. The molecule has 1 saturated heterocycles. The zero-order valence-electron chi connectivity index (χ0n) is 19.0. The Morgan fingerprint density at radius 1 is 1.24 bits per heavy atom. The topological polar surface area (TPSA) is 125 Å². The Kier molecular flexibility index (Phi) is 6.14. The Bertz CT molecular complexity index is 1190. The average Bonchev–Trinajstić information content (AvgIpc) is 3.37. The summed E-state index contributed by atoms with van der Waals surface area (Å²) in [6, 6.07) is 4.32. The van der Waals surface area contributed by atoms with Crippen molar-refractivity contribution in [2.75, 3.05) is 20.3 Å². The lowest BCUT2D eigenvalue weighted by Gasteiger charge is -2.30. The molecular weight excluding hydrogens is 448 g/mol. The summed E-state index contributed by atoms with van der Waals surface area (Å²) in [7, 11) is -2.33. The largest absolute Gasteiger partial charge is 0.383 e. The molecule has 1 aromatic carbocycles. The maximum absolute atomic E-state index is 13.4. The number of carbonyl (C=O) groups is 1. The van der Waals surface area contributed by atoms with E-state index in [0.717, 1.165) is 5.69 Å². The number of sulfonamides is 1. The maximum atomic E-state index is 13.4. The molecule has 178 valence electrons. The number of ether oxygens (including phenoxy) is 1. The zero-order valence-corrected chi connectivity index (χ0v) is 19.8. The lowest BCUT2D eigenvalue weighted by Crippen LogP contribution is -2.33. The third kappa shape index (κ3) is 4.32. The first-order valence-electron chi connectivity index (χ1n) is 10.9. The van der Waals surface area contributed by atoms with Crippen molar-refractivity contribution in [2.45, 2.75) is 57.0 Å². The van der Waals surface area contributed by atoms with E-state index in [2.05, 4.69) is 0 Å². The fourth-order valence-corrected chi connectivity index (χ4v) is 6.47. The summed E-state index contributed by atoms with van der Waals surface area (Å²) in [4.78, 5) is 23.5. The lowest BCUT2D eigenvalue weighted by atomic mass is 9.75. The summed E-state index contributed by atoms with van der Waals surface area (Å²) in [6.45, 7) is 5.29. The number of fused-ring (bicyclic) bond motifs is 1. The van der Waals surface area contributed by atoms with E-state index in [0.29, 0.717) is 56.6 Å². The monoisotopic (exact) mass is 476 g/mol. The molecule has 1 aliphatic carbocycles. The number of ketones is 1. The first kappa shape index (κ1) is 23.5. The summed E-state index contributed by atoms with van der Waals surface area (Å²) in [6.07, 6.45) is 2.24. The molecule has 1 aromatic heterocycles. The number of aromatic nitrogens is 2. The highest BCUT2D eigenvalue weighted by Crippen LogP contribution is 2.43. The van der Waals surface area contributed by atoms with Crippen molar-refractivity contribution in [3.8, 4) is 0 Å². The summed E-state index contributed by atoms with van der Waals surface area (Å²) in [5.74, 6) is -0.0144. The van der Waals surface area contributed by atoms with Crippen LogP contribution in [0.1, 0.15) is 60.9 Å². The molecule has 2 aromatic rings. The van der Waals surface area contributed by atoms with Gasteiger partial charge in [-0.25, -0.2) is 8.42 Å². The Labute approximate surface area is 192 Å². The minimum atomic E-state index is -3.93. The molecule has 33 heavy (non-hydrogen) atoms. The van der Waals surface area contributed by atoms with Gasteiger partial charge in [-0.15, -0.1) is 0 Å². The maximum Gasteiger partial charge on any atom is 0.269 e. The second kappa shape index (κ2) is 8.62. The molecule has 0 saturated carbocycles. The van der Waals surface area contributed by atoms with E-state index in [-0.39, 0.29) is 21.8 Å². The van der Waals surface area contributed by atoms with Gasteiger partial charge in [0, 0.05) is 32.2 Å². The first-order valence-corrected chi connectivity index (χ1v) is 12.4. The molecule has 2 aliphatic rings. The normalized spacial score (nSPS) is 20.7. The van der Waals surface area contributed by atoms with Crippen LogP contribution in [0.15, 0.2) is 29.2 Å². The van der Waals surface area contributed by atoms with Gasteiger partial charge in [0.2, 0.25) is 10.0 Å². The van der Waals surface area contributed by atoms with Gasteiger partial charge >= 0.3 is 0 Å². The van der Waals surface area contributed by atoms with E-state index in [4.69, 9.17) is 9.84 Å². The first-order chi connectivity index (χ1) is 15.5. The van der Waals surface area contributed by atoms with Gasteiger partial charge in [0.15, 0.2) is 5.78 Å². The van der Waals surface area contributed by atoms with Crippen molar-refractivity contribution < 1.29 is 22.9 Å². The molecule has 4 rings (SSSR count). The average molecular weight is 477 g/mol. The van der Waals surface area contributed by atoms with Gasteiger partial charge in [-0.3, -0.25) is 19.6 Å². The Morgan fingerprint density at radius 3 is 2.58 bits per heavy atom. The Balaban J connectivity index is 1.75.